The van der Waals surface area contributed by atoms with Crippen LogP contribution < -0.4 is 9.46 Å². The van der Waals surface area contributed by atoms with Gasteiger partial charge in [-0.15, -0.1) is 0 Å². The lowest BCUT2D eigenvalue weighted by Crippen LogP contribution is -2.40. The lowest BCUT2D eigenvalue weighted by Gasteiger charge is -2.26. The highest BCUT2D eigenvalue weighted by molar-refractivity contribution is 7.89. The van der Waals surface area contributed by atoms with Gasteiger partial charge >= 0.3 is 5.97 Å². The summed E-state index contributed by atoms with van der Waals surface area (Å²) in [4.78, 5) is 11.4. The van der Waals surface area contributed by atoms with Crippen LogP contribution in [0.2, 0.25) is 0 Å². The quantitative estimate of drug-likeness (QED) is 0.321. The third-order valence-corrected chi connectivity index (χ3v) is 7.10. The van der Waals surface area contributed by atoms with Crippen LogP contribution in [-0.2, 0) is 19.6 Å². The molecule has 1 aromatic heterocycles. The molecule has 36 heavy (non-hydrogen) atoms. The lowest BCUT2D eigenvalue weighted by atomic mass is 10.0. The minimum Gasteiger partial charge on any atom is -0.484 e. The number of esters is 1. The SMILES string of the molecule is COC(=O)CCS(=O)(=O)N[C@@H](C)[C@@H](Oc1ccc2c(cnn2-c2ccc(F)cc2)c1)c1ccccc1. The molecule has 0 saturated heterocycles. The molecule has 0 fully saturated rings. The highest BCUT2D eigenvalue weighted by Crippen LogP contribution is 2.29. The van der Waals surface area contributed by atoms with E-state index in [1.165, 1.54) is 19.2 Å². The molecule has 4 aromatic rings. The van der Waals surface area contributed by atoms with E-state index in [9.17, 15) is 17.6 Å². The summed E-state index contributed by atoms with van der Waals surface area (Å²) >= 11 is 0. The average Bonchev–Trinajstić information content (AvgIpc) is 3.30. The molecule has 8 nitrogen and oxygen atoms in total. The Balaban J connectivity index is 1.58. The number of aromatic nitrogens is 2. The first-order chi connectivity index (χ1) is 17.3. The van der Waals surface area contributed by atoms with Gasteiger partial charge < -0.3 is 9.47 Å². The summed E-state index contributed by atoms with van der Waals surface area (Å²) in [5.74, 6) is -0.790. The standard InChI is InChI=1S/C26H26FN3O5S/c1-18(29-36(32,33)15-14-25(31)34-2)26(19-6-4-3-5-7-19)35-23-12-13-24-20(16-23)17-28-30(24)22-10-8-21(27)9-11-22/h3-13,16-18,26,29H,14-15H2,1-2H3/t18-,26+/m0/s1. The highest BCUT2D eigenvalue weighted by atomic mass is 32.2. The molecule has 188 valence electrons. The molecule has 0 aliphatic heterocycles. The van der Waals surface area contributed by atoms with Crippen LogP contribution in [0.25, 0.3) is 16.6 Å². The lowest BCUT2D eigenvalue weighted by molar-refractivity contribution is -0.140. The first kappa shape index (κ1) is 25.3. The number of rotatable bonds is 10. The zero-order chi connectivity index (χ0) is 25.7. The smallest absolute Gasteiger partial charge is 0.306 e. The number of nitrogens with zero attached hydrogens (tertiary/aromatic N) is 2. The van der Waals surface area contributed by atoms with Gasteiger partial charge in [-0.3, -0.25) is 4.79 Å². The number of benzene rings is 3. The number of carbonyl (C=O) groups is 1. The van der Waals surface area contributed by atoms with Crippen LogP contribution in [0.3, 0.4) is 0 Å². The number of nitrogens with one attached hydrogen (secondary N) is 1. The Hall–Kier alpha value is -3.76. The average molecular weight is 512 g/mol. The molecule has 3 aromatic carbocycles. The monoisotopic (exact) mass is 511 g/mol. The van der Waals surface area contributed by atoms with Gasteiger partial charge in [-0.25, -0.2) is 22.2 Å². The maximum Gasteiger partial charge on any atom is 0.306 e. The molecule has 4 rings (SSSR count). The summed E-state index contributed by atoms with van der Waals surface area (Å²) < 4.78 is 53.6. The predicted molar refractivity (Wildman–Crippen MR) is 134 cm³/mol. The number of hydrogen-bond acceptors (Lipinski definition) is 6. The van der Waals surface area contributed by atoms with Gasteiger partial charge in [0, 0.05) is 5.39 Å². The van der Waals surface area contributed by atoms with E-state index in [1.54, 1.807) is 36.0 Å². The second kappa shape index (κ2) is 10.9. The van der Waals surface area contributed by atoms with Crippen LogP contribution in [-0.4, -0.2) is 43.1 Å². The fourth-order valence-electron chi connectivity index (χ4n) is 3.84. The molecule has 0 radical (unpaired) electrons. The third-order valence-electron chi connectivity index (χ3n) is 5.62. The number of methoxy groups -OCH3 is 1. The number of carbonyl (C=O) groups excluding carboxylic acids is 1. The molecule has 0 amide bonds. The Morgan fingerprint density at radius 3 is 2.50 bits per heavy atom. The summed E-state index contributed by atoms with van der Waals surface area (Å²) in [6, 6.07) is 20.1. The topological polar surface area (TPSA) is 99.5 Å². The number of sulfonamides is 1. The predicted octanol–water partition coefficient (Wildman–Crippen LogP) is 4.16. The Morgan fingerprint density at radius 1 is 1.08 bits per heavy atom. The maximum absolute atomic E-state index is 13.3. The second-order valence-electron chi connectivity index (χ2n) is 8.25. The molecule has 0 aliphatic carbocycles. The molecular formula is C26H26FN3O5S. The number of ether oxygens (including phenoxy) is 2. The minimum absolute atomic E-state index is 0.246. The Morgan fingerprint density at radius 2 is 1.81 bits per heavy atom. The van der Waals surface area contributed by atoms with E-state index in [1.807, 2.05) is 42.5 Å². The van der Waals surface area contributed by atoms with Crippen molar-refractivity contribution in [2.75, 3.05) is 12.9 Å². The van der Waals surface area contributed by atoms with Crippen LogP contribution in [0, 0.1) is 5.82 Å². The van der Waals surface area contributed by atoms with Gasteiger partial charge in [0.25, 0.3) is 0 Å². The molecule has 0 spiro atoms. The molecule has 0 aliphatic rings. The first-order valence-corrected chi connectivity index (χ1v) is 12.9. The van der Waals surface area contributed by atoms with Crippen LogP contribution in [0.15, 0.2) is 79.0 Å². The number of fused-ring (bicyclic) bond motifs is 1. The van der Waals surface area contributed by atoms with E-state index in [0.29, 0.717) is 5.75 Å². The van der Waals surface area contributed by atoms with E-state index in [0.717, 1.165) is 22.2 Å². The zero-order valence-corrected chi connectivity index (χ0v) is 20.6. The molecule has 0 bridgehead atoms. The molecular weight excluding hydrogens is 485 g/mol. The van der Waals surface area contributed by atoms with Crippen molar-refractivity contribution in [1.29, 1.82) is 0 Å². The summed E-state index contributed by atoms with van der Waals surface area (Å²) in [7, 11) is -2.55. The summed E-state index contributed by atoms with van der Waals surface area (Å²) in [5, 5.41) is 5.21. The van der Waals surface area contributed by atoms with Gasteiger partial charge in [-0.1, -0.05) is 30.3 Å². The van der Waals surface area contributed by atoms with Crippen molar-refractivity contribution in [2.24, 2.45) is 0 Å². The van der Waals surface area contributed by atoms with Crippen molar-refractivity contribution in [2.45, 2.75) is 25.5 Å². The molecule has 10 heteroatoms. The van der Waals surface area contributed by atoms with Gasteiger partial charge in [0.05, 0.1) is 42.7 Å². The number of hydrogen-bond donors (Lipinski definition) is 1. The van der Waals surface area contributed by atoms with Crippen LogP contribution in [0.5, 0.6) is 5.75 Å². The van der Waals surface area contributed by atoms with E-state index in [2.05, 4.69) is 14.6 Å². The summed E-state index contributed by atoms with van der Waals surface area (Å²) in [5.41, 5.74) is 2.31. The summed E-state index contributed by atoms with van der Waals surface area (Å²) in [6.07, 6.45) is 0.787. The zero-order valence-electron chi connectivity index (χ0n) is 19.8. The van der Waals surface area contributed by atoms with Crippen molar-refractivity contribution < 1.29 is 27.1 Å². The van der Waals surface area contributed by atoms with Crippen LogP contribution >= 0.6 is 0 Å². The van der Waals surface area contributed by atoms with Gasteiger partial charge in [-0.05, 0) is 55.0 Å². The fourth-order valence-corrected chi connectivity index (χ4v) is 5.09. The van der Waals surface area contributed by atoms with Gasteiger partial charge in [0.15, 0.2) is 0 Å². The van der Waals surface area contributed by atoms with E-state index in [-0.39, 0.29) is 18.0 Å². The van der Waals surface area contributed by atoms with E-state index >= 15 is 0 Å². The van der Waals surface area contributed by atoms with Crippen molar-refractivity contribution in [3.8, 4) is 11.4 Å². The van der Waals surface area contributed by atoms with Crippen LogP contribution in [0.4, 0.5) is 4.39 Å². The molecule has 1 N–H and O–H groups in total. The third kappa shape index (κ3) is 6.07. The molecule has 2 atom stereocenters. The van der Waals surface area contributed by atoms with Crippen molar-refractivity contribution in [3.05, 3.63) is 90.4 Å². The highest BCUT2D eigenvalue weighted by Gasteiger charge is 2.26. The van der Waals surface area contributed by atoms with Gasteiger partial charge in [0.1, 0.15) is 17.7 Å². The minimum atomic E-state index is -3.77. The van der Waals surface area contributed by atoms with Gasteiger partial charge in [0.2, 0.25) is 10.0 Å². The van der Waals surface area contributed by atoms with E-state index < -0.39 is 28.1 Å². The maximum atomic E-state index is 13.3. The Kier molecular flexibility index (Phi) is 7.66. The van der Waals surface area contributed by atoms with Crippen molar-refractivity contribution in [1.82, 2.24) is 14.5 Å². The first-order valence-electron chi connectivity index (χ1n) is 11.3. The molecule has 0 unspecified atom stereocenters. The fraction of sp³-hybridized carbons (Fsp3) is 0.231. The molecule has 1 heterocycles. The largest absolute Gasteiger partial charge is 0.484 e. The summed E-state index contributed by atoms with van der Waals surface area (Å²) in [6.45, 7) is 1.71. The number of halogens is 1. The normalized spacial score (nSPS) is 13.3. The van der Waals surface area contributed by atoms with E-state index in [4.69, 9.17) is 4.74 Å². The molecule has 0 saturated carbocycles. The van der Waals surface area contributed by atoms with Gasteiger partial charge in [-0.2, -0.15) is 5.10 Å². The van der Waals surface area contributed by atoms with Crippen molar-refractivity contribution >= 4 is 26.9 Å². The van der Waals surface area contributed by atoms with Crippen LogP contribution in [0.1, 0.15) is 25.0 Å². The second-order valence-corrected chi connectivity index (χ2v) is 10.1. The Bertz CT molecular complexity index is 1440. The van der Waals surface area contributed by atoms with Crippen molar-refractivity contribution in [3.63, 3.8) is 0 Å². The Labute approximate surface area is 208 Å².